The van der Waals surface area contributed by atoms with Crippen molar-refractivity contribution in [2.75, 3.05) is 13.2 Å². The van der Waals surface area contributed by atoms with Gasteiger partial charge in [-0.15, -0.1) is 10.2 Å². The van der Waals surface area contributed by atoms with Crippen LogP contribution in [0.2, 0.25) is 0 Å². The highest BCUT2D eigenvalue weighted by Gasteiger charge is 2.45. The van der Waals surface area contributed by atoms with Crippen LogP contribution in [0.25, 0.3) is 11.5 Å². The van der Waals surface area contributed by atoms with Gasteiger partial charge in [0, 0.05) is 30.7 Å². The molecule has 2 fully saturated rings. The summed E-state index contributed by atoms with van der Waals surface area (Å²) in [5.74, 6) is -1.03. The van der Waals surface area contributed by atoms with Gasteiger partial charge in [0.1, 0.15) is 0 Å². The fraction of sp³-hybridized carbons (Fsp3) is 0.526. The fourth-order valence-electron chi connectivity index (χ4n) is 3.99. The van der Waals surface area contributed by atoms with Crippen LogP contribution >= 0.6 is 0 Å². The number of alkyl halides is 2. The molecule has 1 amide bonds. The quantitative estimate of drug-likeness (QED) is 0.733. The van der Waals surface area contributed by atoms with Crippen LogP contribution in [0.5, 0.6) is 0 Å². The molecule has 0 bridgehead atoms. The van der Waals surface area contributed by atoms with Crippen molar-refractivity contribution in [3.63, 3.8) is 0 Å². The second-order valence-electron chi connectivity index (χ2n) is 7.94. The number of amides is 1. The first-order valence-electron chi connectivity index (χ1n) is 9.99. The maximum absolute atomic E-state index is 13.3. The second-order valence-corrected chi connectivity index (χ2v) is 9.80. The highest BCUT2D eigenvalue weighted by molar-refractivity contribution is 7.89. The summed E-state index contributed by atoms with van der Waals surface area (Å²) in [5.41, 5.74) is 0.803. The van der Waals surface area contributed by atoms with Crippen LogP contribution in [0, 0.1) is 5.92 Å². The van der Waals surface area contributed by atoms with Crippen LogP contribution in [0.1, 0.15) is 37.1 Å². The molecule has 9 nitrogen and oxygen atoms in total. The normalized spacial score (nSPS) is 25.5. The van der Waals surface area contributed by atoms with E-state index in [2.05, 4.69) is 15.5 Å². The molecule has 5 rings (SSSR count). The van der Waals surface area contributed by atoms with E-state index < -0.39 is 28.4 Å². The first kappa shape index (κ1) is 20.5. The van der Waals surface area contributed by atoms with Crippen molar-refractivity contribution in [2.45, 2.75) is 49.2 Å². The number of nitrogens with one attached hydrogen (secondary N) is 1. The summed E-state index contributed by atoms with van der Waals surface area (Å²) in [5, 5.41) is 9.86. The van der Waals surface area contributed by atoms with Crippen LogP contribution in [0.4, 0.5) is 8.78 Å². The Morgan fingerprint density at radius 2 is 2.03 bits per heavy atom. The lowest BCUT2D eigenvalue weighted by atomic mass is 10.0. The molecule has 12 heteroatoms. The van der Waals surface area contributed by atoms with Crippen LogP contribution in [-0.4, -0.2) is 54.1 Å². The van der Waals surface area contributed by atoms with Gasteiger partial charge in [-0.3, -0.25) is 4.79 Å². The Bertz CT molecular complexity index is 1120. The molecule has 1 aromatic heterocycles. The number of rotatable bonds is 5. The van der Waals surface area contributed by atoms with E-state index in [1.54, 1.807) is 12.1 Å². The number of carbonyl (C=O) groups excluding carboxylic acids is 1. The number of hydrogen-bond acceptors (Lipinski definition) is 7. The molecular weight excluding hydrogens is 434 g/mol. The Balaban J connectivity index is 1.42. The first-order valence-corrected chi connectivity index (χ1v) is 11.4. The minimum absolute atomic E-state index is 0.0194. The molecule has 0 spiro atoms. The molecule has 1 aromatic carbocycles. The smallest absolute Gasteiger partial charge is 0.314 e. The standard InChI is InChI=1S/C19H20F2N4O5S/c20-16(21)19-24-23-18(30-19)11-3-4-12-8-25(31(27,28)15(12)7-11)14-9-29-6-5-13(14)22-17(26)10-1-2-10/h3-4,7,10,13-14,16H,1-2,5-6,8-9H2,(H,22,26)/t13-,14-/m1/s1. The van der Waals surface area contributed by atoms with Gasteiger partial charge in [0.2, 0.25) is 21.8 Å². The van der Waals surface area contributed by atoms with Crippen molar-refractivity contribution < 1.29 is 31.1 Å². The summed E-state index contributed by atoms with van der Waals surface area (Å²) in [6.45, 7) is 0.756. The average Bonchev–Trinajstić information content (AvgIpc) is 3.42. The van der Waals surface area contributed by atoms with Gasteiger partial charge in [0.05, 0.1) is 17.5 Å². The molecule has 1 saturated heterocycles. The third kappa shape index (κ3) is 3.72. The Morgan fingerprint density at radius 3 is 2.74 bits per heavy atom. The van der Waals surface area contributed by atoms with Crippen LogP contribution in [0.15, 0.2) is 27.5 Å². The largest absolute Gasteiger partial charge is 0.415 e. The summed E-state index contributed by atoms with van der Waals surface area (Å²) in [6.07, 6.45) is -0.670. The number of hydrogen-bond donors (Lipinski definition) is 1. The third-order valence-electron chi connectivity index (χ3n) is 5.83. The van der Waals surface area contributed by atoms with Crippen molar-refractivity contribution in [1.82, 2.24) is 19.8 Å². The van der Waals surface area contributed by atoms with E-state index in [4.69, 9.17) is 9.15 Å². The van der Waals surface area contributed by atoms with Gasteiger partial charge in [-0.1, -0.05) is 6.07 Å². The maximum Gasteiger partial charge on any atom is 0.314 e. The van der Waals surface area contributed by atoms with Crippen LogP contribution in [-0.2, 0) is 26.1 Å². The molecule has 2 aliphatic heterocycles. The zero-order chi connectivity index (χ0) is 21.8. The SMILES string of the molecule is O=C(N[C@@H]1CCOC[C@H]1N1Cc2ccc(-c3nnc(C(F)F)o3)cc2S1(=O)=O)C1CC1. The summed E-state index contributed by atoms with van der Waals surface area (Å²) in [4.78, 5) is 12.3. The van der Waals surface area contributed by atoms with Crippen molar-refractivity contribution in [3.05, 3.63) is 29.7 Å². The third-order valence-corrected chi connectivity index (χ3v) is 7.78. The summed E-state index contributed by atoms with van der Waals surface area (Å²) in [7, 11) is -3.90. The number of sulfonamides is 1. The van der Waals surface area contributed by atoms with Gasteiger partial charge in [0.25, 0.3) is 5.89 Å². The summed E-state index contributed by atoms with van der Waals surface area (Å²) in [6, 6.07) is 3.65. The number of carbonyl (C=O) groups is 1. The molecule has 2 atom stereocenters. The summed E-state index contributed by atoms with van der Waals surface area (Å²) >= 11 is 0. The van der Waals surface area contributed by atoms with E-state index >= 15 is 0 Å². The van der Waals surface area contributed by atoms with E-state index in [1.165, 1.54) is 10.4 Å². The van der Waals surface area contributed by atoms with E-state index in [-0.39, 0.29) is 47.4 Å². The maximum atomic E-state index is 13.3. The van der Waals surface area contributed by atoms with Crippen LogP contribution in [0.3, 0.4) is 0 Å². The molecule has 31 heavy (non-hydrogen) atoms. The number of nitrogens with zero attached hydrogens (tertiary/aromatic N) is 3. The monoisotopic (exact) mass is 454 g/mol. The number of benzene rings is 1. The van der Waals surface area contributed by atoms with E-state index in [0.29, 0.717) is 18.6 Å². The lowest BCUT2D eigenvalue weighted by molar-refractivity contribution is -0.124. The highest BCUT2D eigenvalue weighted by Crippen LogP contribution is 2.37. The predicted octanol–water partition coefficient (Wildman–Crippen LogP) is 1.86. The fourth-order valence-corrected chi connectivity index (χ4v) is 5.86. The van der Waals surface area contributed by atoms with Crippen molar-refractivity contribution >= 4 is 15.9 Å². The molecule has 1 aliphatic carbocycles. The number of fused-ring (bicyclic) bond motifs is 1. The topological polar surface area (TPSA) is 115 Å². The lowest BCUT2D eigenvalue weighted by Gasteiger charge is -2.37. The van der Waals surface area contributed by atoms with E-state index in [1.807, 2.05) is 0 Å². The Hall–Kier alpha value is -2.44. The van der Waals surface area contributed by atoms with E-state index in [9.17, 15) is 22.0 Å². The number of ether oxygens (including phenoxy) is 1. The Labute approximate surface area is 176 Å². The molecule has 166 valence electrons. The van der Waals surface area contributed by atoms with E-state index in [0.717, 1.165) is 12.8 Å². The molecule has 1 saturated carbocycles. The molecule has 3 aliphatic rings. The van der Waals surface area contributed by atoms with Gasteiger partial charge in [-0.2, -0.15) is 13.1 Å². The lowest BCUT2D eigenvalue weighted by Crippen LogP contribution is -2.56. The second kappa shape index (κ2) is 7.61. The van der Waals surface area contributed by atoms with Crippen LogP contribution < -0.4 is 5.32 Å². The Morgan fingerprint density at radius 1 is 1.23 bits per heavy atom. The molecular formula is C19H20F2N4O5S. The molecule has 3 heterocycles. The first-order chi connectivity index (χ1) is 14.8. The average molecular weight is 454 g/mol. The minimum Gasteiger partial charge on any atom is -0.415 e. The minimum atomic E-state index is -3.90. The zero-order valence-electron chi connectivity index (χ0n) is 16.3. The Kier molecular flexibility index (Phi) is 5.02. The van der Waals surface area contributed by atoms with Crippen molar-refractivity contribution in [3.8, 4) is 11.5 Å². The number of halogens is 2. The van der Waals surface area contributed by atoms with Crippen molar-refractivity contribution in [1.29, 1.82) is 0 Å². The zero-order valence-corrected chi connectivity index (χ0v) is 17.1. The van der Waals surface area contributed by atoms with Gasteiger partial charge in [0.15, 0.2) is 0 Å². The van der Waals surface area contributed by atoms with Crippen molar-refractivity contribution in [2.24, 2.45) is 5.92 Å². The van der Waals surface area contributed by atoms with Gasteiger partial charge in [-0.25, -0.2) is 8.42 Å². The van der Waals surface area contributed by atoms with Gasteiger partial charge < -0.3 is 14.5 Å². The molecule has 0 radical (unpaired) electrons. The highest BCUT2D eigenvalue weighted by atomic mass is 32.2. The molecule has 0 unspecified atom stereocenters. The van der Waals surface area contributed by atoms with Gasteiger partial charge in [-0.05, 0) is 37.0 Å². The predicted molar refractivity (Wildman–Crippen MR) is 101 cm³/mol. The summed E-state index contributed by atoms with van der Waals surface area (Å²) < 4.78 is 63.9. The van der Waals surface area contributed by atoms with Gasteiger partial charge >= 0.3 is 6.43 Å². The molecule has 1 N–H and O–H groups in total. The molecule has 2 aromatic rings. The number of aromatic nitrogens is 2.